The van der Waals surface area contributed by atoms with Crippen LogP contribution in [0.2, 0.25) is 0 Å². The Morgan fingerprint density at radius 3 is 2.12 bits per heavy atom. The molecular weight excluding hydrogens is 546 g/mol. The minimum atomic E-state index is -0.846. The molecule has 204 valence electrons. The number of nitrogens with one attached hydrogen (secondary N) is 1. The quantitative estimate of drug-likeness (QED) is 0.126. The van der Waals surface area contributed by atoms with Crippen LogP contribution < -0.4 is 5.32 Å². The second-order valence-corrected chi connectivity index (χ2v) is 11.5. The van der Waals surface area contributed by atoms with Crippen molar-refractivity contribution in [1.29, 1.82) is 0 Å². The first-order chi connectivity index (χ1) is 19.4. The predicted molar refractivity (Wildman–Crippen MR) is 154 cm³/mol. The number of allylic oxidation sites excluding steroid dienone is 1. The van der Waals surface area contributed by atoms with E-state index in [0.29, 0.717) is 4.34 Å². The van der Waals surface area contributed by atoms with Crippen LogP contribution in [-0.2, 0) is 23.9 Å². The summed E-state index contributed by atoms with van der Waals surface area (Å²) >= 11 is 2.78. The zero-order valence-corrected chi connectivity index (χ0v) is 23.7. The van der Waals surface area contributed by atoms with E-state index in [2.05, 4.69) is 10.3 Å². The highest BCUT2D eigenvalue weighted by Gasteiger charge is 2.53. The number of aromatic nitrogens is 1. The van der Waals surface area contributed by atoms with Gasteiger partial charge in [-0.15, -0.1) is 11.3 Å². The Labute approximate surface area is 240 Å². The number of fused-ring (bicyclic) bond motifs is 1. The van der Waals surface area contributed by atoms with Crippen LogP contribution in [0.3, 0.4) is 0 Å². The zero-order valence-electron chi connectivity index (χ0n) is 22.1. The number of thioether (sulfide) groups is 1. The van der Waals surface area contributed by atoms with Gasteiger partial charge in [-0.3, -0.25) is 14.5 Å². The number of ether oxygens (including phenoxy) is 2. The van der Waals surface area contributed by atoms with Crippen molar-refractivity contribution >= 4 is 51.1 Å². The lowest BCUT2D eigenvalue weighted by atomic mass is 10.0. The van der Waals surface area contributed by atoms with Crippen molar-refractivity contribution in [2.24, 2.45) is 0 Å². The zero-order chi connectivity index (χ0) is 28.2. The molecule has 40 heavy (non-hydrogen) atoms. The first-order valence-corrected chi connectivity index (χ1v) is 14.2. The van der Waals surface area contributed by atoms with Gasteiger partial charge in [0.2, 0.25) is 5.91 Å². The van der Waals surface area contributed by atoms with E-state index in [0.717, 1.165) is 21.3 Å². The third-order valence-electron chi connectivity index (χ3n) is 6.40. The van der Waals surface area contributed by atoms with Crippen molar-refractivity contribution in [3.05, 3.63) is 108 Å². The van der Waals surface area contributed by atoms with E-state index in [-0.39, 0.29) is 17.4 Å². The topological polar surface area (TPSA) is 97.8 Å². The molecule has 1 aromatic heterocycles. The maximum absolute atomic E-state index is 13.9. The van der Waals surface area contributed by atoms with Gasteiger partial charge in [-0.05, 0) is 30.2 Å². The number of rotatable bonds is 9. The summed E-state index contributed by atoms with van der Waals surface area (Å²) in [4.78, 5) is 45.3. The molecule has 5 rings (SSSR count). The maximum atomic E-state index is 13.9. The van der Waals surface area contributed by atoms with E-state index in [1.807, 2.05) is 84.9 Å². The van der Waals surface area contributed by atoms with E-state index in [9.17, 15) is 14.4 Å². The molecule has 0 aliphatic carbocycles. The van der Waals surface area contributed by atoms with E-state index in [1.165, 1.54) is 42.0 Å². The molecule has 1 fully saturated rings. The molecule has 2 unspecified atom stereocenters. The first kappa shape index (κ1) is 27.4. The number of esters is 1. The van der Waals surface area contributed by atoms with Gasteiger partial charge in [-0.1, -0.05) is 84.6 Å². The van der Waals surface area contributed by atoms with Crippen molar-refractivity contribution in [2.75, 3.05) is 7.11 Å². The van der Waals surface area contributed by atoms with Crippen molar-refractivity contribution in [2.45, 2.75) is 35.7 Å². The summed E-state index contributed by atoms with van der Waals surface area (Å²) in [5.41, 5.74) is 2.37. The monoisotopic (exact) mass is 573 g/mol. The molecule has 4 aromatic rings. The molecule has 1 aliphatic heterocycles. The SMILES string of the molecule is COC(C)=C(C(=O)OC(c1ccccc1)c1ccccc1)N1C(=O)C(NC(C)=O)C1Sc1nc2ccccc2s1. The molecule has 2 amide bonds. The minimum absolute atomic E-state index is 0.0235. The van der Waals surface area contributed by atoms with Crippen molar-refractivity contribution in [1.82, 2.24) is 15.2 Å². The molecule has 3 aromatic carbocycles. The summed E-state index contributed by atoms with van der Waals surface area (Å²) < 4.78 is 13.3. The van der Waals surface area contributed by atoms with Gasteiger partial charge < -0.3 is 14.8 Å². The molecule has 2 heterocycles. The molecule has 8 nitrogen and oxygen atoms in total. The first-order valence-electron chi connectivity index (χ1n) is 12.6. The fourth-order valence-corrected chi connectivity index (χ4v) is 6.88. The van der Waals surface area contributed by atoms with Crippen LogP contribution in [0, 0.1) is 0 Å². The molecule has 1 aliphatic rings. The number of amides is 2. The van der Waals surface area contributed by atoms with Crippen LogP contribution in [0.15, 0.2) is 101 Å². The second-order valence-electron chi connectivity index (χ2n) is 9.06. The average molecular weight is 574 g/mol. The van der Waals surface area contributed by atoms with Crippen molar-refractivity contribution in [3.63, 3.8) is 0 Å². The smallest absolute Gasteiger partial charge is 0.359 e. The summed E-state index contributed by atoms with van der Waals surface area (Å²) in [6.45, 7) is 2.96. The molecule has 0 spiro atoms. The van der Waals surface area contributed by atoms with Crippen molar-refractivity contribution in [3.8, 4) is 0 Å². The van der Waals surface area contributed by atoms with Crippen LogP contribution in [0.25, 0.3) is 10.2 Å². The normalized spacial score (nSPS) is 17.3. The molecule has 1 saturated heterocycles. The molecule has 0 bridgehead atoms. The lowest BCUT2D eigenvalue weighted by Gasteiger charge is -2.46. The summed E-state index contributed by atoms with van der Waals surface area (Å²) in [5.74, 6) is -1.29. The van der Waals surface area contributed by atoms with Gasteiger partial charge in [0, 0.05) is 6.92 Å². The third kappa shape index (κ3) is 5.59. The van der Waals surface area contributed by atoms with Crippen LogP contribution in [-0.4, -0.2) is 46.2 Å². The molecular formula is C30H27N3O5S2. The Bertz CT molecular complexity index is 1500. The highest BCUT2D eigenvalue weighted by molar-refractivity contribution is 8.01. The van der Waals surface area contributed by atoms with Gasteiger partial charge in [-0.25, -0.2) is 9.78 Å². The third-order valence-corrected chi connectivity index (χ3v) is 8.79. The van der Waals surface area contributed by atoms with Crippen molar-refractivity contribution < 1.29 is 23.9 Å². The predicted octanol–water partition coefficient (Wildman–Crippen LogP) is 5.27. The van der Waals surface area contributed by atoms with Gasteiger partial charge in [0.25, 0.3) is 5.91 Å². The Balaban J connectivity index is 1.49. The molecule has 10 heteroatoms. The highest BCUT2D eigenvalue weighted by Crippen LogP contribution is 2.42. The van der Waals surface area contributed by atoms with Gasteiger partial charge >= 0.3 is 5.97 Å². The number of benzene rings is 3. The standard InChI is InChI=1S/C30H27N3O5S2/c1-18(37-3)25(29(36)38-26(20-12-6-4-7-13-20)21-14-8-5-9-15-21)33-27(35)24(31-19(2)34)28(33)40-30-32-22-16-10-11-17-23(22)39-30/h4-17,24,26,28H,1-3H3,(H,31,34). The van der Waals surface area contributed by atoms with E-state index < -0.39 is 29.4 Å². The lowest BCUT2D eigenvalue weighted by Crippen LogP contribution is -2.69. The van der Waals surface area contributed by atoms with E-state index in [1.54, 1.807) is 6.92 Å². The molecule has 0 radical (unpaired) electrons. The summed E-state index contributed by atoms with van der Waals surface area (Å²) in [5, 5.41) is 2.07. The number of hydrogen-bond acceptors (Lipinski definition) is 8. The fraction of sp³-hybridized carbons (Fsp3) is 0.200. The summed E-state index contributed by atoms with van der Waals surface area (Å²) in [6.07, 6.45) is -0.715. The molecule has 0 saturated carbocycles. The fourth-order valence-electron chi connectivity index (χ4n) is 4.43. The number of para-hydroxylation sites is 1. The van der Waals surface area contributed by atoms with E-state index >= 15 is 0 Å². The van der Waals surface area contributed by atoms with Crippen LogP contribution in [0.5, 0.6) is 0 Å². The van der Waals surface area contributed by atoms with Gasteiger partial charge in [0.15, 0.2) is 16.1 Å². The van der Waals surface area contributed by atoms with Crippen LogP contribution in [0.4, 0.5) is 0 Å². The number of likely N-dealkylation sites (tertiary alicyclic amines) is 1. The van der Waals surface area contributed by atoms with Crippen LogP contribution in [0.1, 0.15) is 31.1 Å². The molecule has 2 atom stereocenters. The minimum Gasteiger partial charge on any atom is -0.499 e. The Morgan fingerprint density at radius 1 is 0.950 bits per heavy atom. The van der Waals surface area contributed by atoms with Crippen LogP contribution >= 0.6 is 23.1 Å². The molecule has 1 N–H and O–H groups in total. The maximum Gasteiger partial charge on any atom is 0.359 e. The Kier molecular flexibility index (Phi) is 8.18. The Morgan fingerprint density at radius 2 is 1.55 bits per heavy atom. The Hall–Kier alpha value is -4.15. The number of methoxy groups -OCH3 is 1. The number of hydrogen-bond donors (Lipinski definition) is 1. The highest BCUT2D eigenvalue weighted by atomic mass is 32.2. The van der Waals surface area contributed by atoms with Gasteiger partial charge in [-0.2, -0.15) is 0 Å². The van der Waals surface area contributed by atoms with Gasteiger partial charge in [0.05, 0.1) is 17.3 Å². The summed E-state index contributed by atoms with van der Waals surface area (Å²) in [6, 6.07) is 25.7. The number of carbonyl (C=O) groups excluding carboxylic acids is 3. The number of thiazole rings is 1. The summed E-state index contributed by atoms with van der Waals surface area (Å²) in [7, 11) is 1.43. The second kappa shape index (κ2) is 11.9. The average Bonchev–Trinajstić information content (AvgIpc) is 3.40. The van der Waals surface area contributed by atoms with E-state index in [4.69, 9.17) is 9.47 Å². The number of β-lactam (4-membered cyclic amide) rings is 1. The largest absolute Gasteiger partial charge is 0.499 e. The number of carbonyl (C=O) groups is 3. The number of nitrogens with zero attached hydrogens (tertiary/aromatic N) is 2. The lowest BCUT2D eigenvalue weighted by molar-refractivity contribution is -0.154. The van der Waals surface area contributed by atoms with Gasteiger partial charge in [0.1, 0.15) is 17.2 Å².